The molecule has 6 rings (SSSR count). The summed E-state index contributed by atoms with van der Waals surface area (Å²) < 4.78 is 0. The Morgan fingerprint density at radius 2 is 1.13 bits per heavy atom. The van der Waals surface area contributed by atoms with E-state index in [9.17, 15) is 19.8 Å². The maximum absolute atomic E-state index is 13.3. The lowest BCUT2D eigenvalue weighted by atomic mass is 9.84. The van der Waals surface area contributed by atoms with Crippen LogP contribution in [-0.2, 0) is 9.59 Å². The molecular weight excluding hydrogens is 384 g/mol. The molecule has 4 fully saturated rings. The molecule has 2 amide bonds. The molecular formula is C22H30N4O4. The molecule has 8 atom stereocenters. The number of rotatable bonds is 0. The number of amides is 2. The van der Waals surface area contributed by atoms with E-state index in [1.165, 1.54) is 0 Å². The van der Waals surface area contributed by atoms with Crippen LogP contribution in [-0.4, -0.2) is 54.9 Å². The summed E-state index contributed by atoms with van der Waals surface area (Å²) in [6.07, 6.45) is 0.839. The van der Waals surface area contributed by atoms with E-state index in [2.05, 4.69) is 37.9 Å². The van der Waals surface area contributed by atoms with Crippen molar-refractivity contribution in [1.29, 1.82) is 0 Å². The fraction of sp³-hybridized carbons (Fsp3) is 0.818. The summed E-state index contributed by atoms with van der Waals surface area (Å²) in [5, 5.41) is 33.4. The van der Waals surface area contributed by atoms with Crippen LogP contribution in [0.5, 0.6) is 0 Å². The van der Waals surface area contributed by atoms with Gasteiger partial charge in [-0.05, 0) is 48.3 Å². The summed E-state index contributed by atoms with van der Waals surface area (Å²) in [5.74, 6) is -1.15. The number of aliphatic hydroxyl groups is 2. The van der Waals surface area contributed by atoms with Gasteiger partial charge in [0.1, 0.15) is 0 Å². The third kappa shape index (κ3) is 1.80. The number of nitrogens with zero attached hydrogens (tertiary/aromatic N) is 4. The van der Waals surface area contributed by atoms with Crippen molar-refractivity contribution in [1.82, 2.24) is 10.0 Å². The van der Waals surface area contributed by atoms with Crippen LogP contribution in [0.1, 0.15) is 54.4 Å². The van der Waals surface area contributed by atoms with Crippen molar-refractivity contribution in [2.24, 2.45) is 56.5 Å². The number of carbonyl (C=O) groups is 2. The first-order chi connectivity index (χ1) is 13.8. The molecule has 0 aromatic carbocycles. The predicted molar refractivity (Wildman–Crippen MR) is 108 cm³/mol. The van der Waals surface area contributed by atoms with E-state index in [0.717, 1.165) is 10.0 Å². The Hall–Kier alpha value is -1.80. The molecule has 8 nitrogen and oxygen atoms in total. The van der Waals surface area contributed by atoms with Crippen molar-refractivity contribution in [3.63, 3.8) is 0 Å². The highest BCUT2D eigenvalue weighted by atomic mass is 16.3. The molecule has 8 heteroatoms. The van der Waals surface area contributed by atoms with Gasteiger partial charge in [0.15, 0.2) is 11.4 Å². The normalized spacial score (nSPS) is 50.4. The van der Waals surface area contributed by atoms with Gasteiger partial charge in [0, 0.05) is 24.3 Å². The summed E-state index contributed by atoms with van der Waals surface area (Å²) in [7, 11) is 0. The topological polar surface area (TPSA) is 106 Å². The molecule has 0 aromatic rings. The Bertz CT molecular complexity index is 908. The largest absolute Gasteiger partial charge is 0.368 e. The predicted octanol–water partition coefficient (Wildman–Crippen LogP) is 1.38. The second-order valence-electron chi connectivity index (χ2n) is 11.7. The summed E-state index contributed by atoms with van der Waals surface area (Å²) in [4.78, 5) is 26.5. The zero-order chi connectivity index (χ0) is 21.8. The van der Waals surface area contributed by atoms with Crippen molar-refractivity contribution < 1.29 is 19.8 Å². The third-order valence-corrected chi connectivity index (χ3v) is 9.75. The number of hydrazone groups is 2. The van der Waals surface area contributed by atoms with Crippen molar-refractivity contribution in [2.45, 2.75) is 65.8 Å². The lowest BCUT2D eigenvalue weighted by Gasteiger charge is -2.37. The van der Waals surface area contributed by atoms with Gasteiger partial charge in [0.25, 0.3) is 0 Å². The molecule has 6 aliphatic rings. The molecule has 0 spiro atoms. The minimum Gasteiger partial charge on any atom is -0.368 e. The summed E-state index contributed by atoms with van der Waals surface area (Å²) in [6.45, 7) is 12.3. The highest BCUT2D eigenvalue weighted by Gasteiger charge is 2.78. The lowest BCUT2D eigenvalue weighted by Crippen LogP contribution is -2.58. The Labute approximate surface area is 176 Å². The first kappa shape index (κ1) is 18.9. The van der Waals surface area contributed by atoms with Crippen molar-refractivity contribution >= 4 is 23.2 Å². The molecule has 0 bridgehead atoms. The zero-order valence-corrected chi connectivity index (χ0v) is 18.4. The Morgan fingerprint density at radius 3 is 1.47 bits per heavy atom. The maximum atomic E-state index is 13.3. The molecule has 2 heterocycles. The quantitative estimate of drug-likeness (QED) is 0.584. The average Bonchev–Trinajstić information content (AvgIpc) is 3.07. The number of fused-ring (bicyclic) bond motifs is 6. The van der Waals surface area contributed by atoms with Gasteiger partial charge in [-0.1, -0.05) is 27.7 Å². The van der Waals surface area contributed by atoms with Crippen LogP contribution in [0.2, 0.25) is 0 Å². The molecule has 30 heavy (non-hydrogen) atoms. The molecule has 0 unspecified atom stereocenters. The summed E-state index contributed by atoms with van der Waals surface area (Å²) in [5.41, 5.74) is -1.29. The standard InChI is InChI=1S/C22H30N4O4/c1-9-13-15-11(19(15,3)4)7-21(13,29)25(23-9)17(27)18(28)26-22(30)8-12-16(20(12,5)6)14(22)10(2)24-26/h11-16,29-30H,7-8H2,1-6H3/t11-,12-,13-,14+,15+,16-,21-,22-/m1/s1. The minimum absolute atomic E-state index is 0.118. The first-order valence-electron chi connectivity index (χ1n) is 11.0. The van der Waals surface area contributed by atoms with E-state index in [1.54, 1.807) is 0 Å². The van der Waals surface area contributed by atoms with E-state index in [1.807, 2.05) is 13.8 Å². The van der Waals surface area contributed by atoms with Crippen LogP contribution in [0.15, 0.2) is 10.2 Å². The van der Waals surface area contributed by atoms with E-state index >= 15 is 0 Å². The molecule has 0 saturated heterocycles. The van der Waals surface area contributed by atoms with Crippen LogP contribution in [0.25, 0.3) is 0 Å². The van der Waals surface area contributed by atoms with Gasteiger partial charge in [-0.3, -0.25) is 9.59 Å². The lowest BCUT2D eigenvalue weighted by molar-refractivity contribution is -0.185. The fourth-order valence-corrected chi connectivity index (χ4v) is 8.02. The van der Waals surface area contributed by atoms with Crippen LogP contribution < -0.4 is 0 Å². The molecule has 2 N–H and O–H groups in total. The minimum atomic E-state index is -1.46. The Morgan fingerprint density at radius 1 is 0.800 bits per heavy atom. The van der Waals surface area contributed by atoms with Gasteiger partial charge in [0.05, 0.1) is 11.8 Å². The zero-order valence-electron chi connectivity index (χ0n) is 18.4. The van der Waals surface area contributed by atoms with Crippen molar-refractivity contribution in [3.05, 3.63) is 0 Å². The maximum Gasteiger partial charge on any atom is 0.336 e. The number of carbonyl (C=O) groups excluding carboxylic acids is 2. The molecule has 162 valence electrons. The molecule has 2 aliphatic heterocycles. The SMILES string of the molecule is CC1=NN(C(=O)C(=O)N2N=C(C)[C@H]3[C@H]4[C@@H](C[C@@]32O)C4(C)C)[C@@]2(O)C[C@@H]3[C@@H]([C@@H]12)C3(C)C. The van der Waals surface area contributed by atoms with Crippen molar-refractivity contribution in [2.75, 3.05) is 0 Å². The molecule has 0 radical (unpaired) electrons. The smallest absolute Gasteiger partial charge is 0.336 e. The van der Waals surface area contributed by atoms with Crippen LogP contribution in [0, 0.1) is 46.3 Å². The number of hydrogen-bond donors (Lipinski definition) is 2. The van der Waals surface area contributed by atoms with Gasteiger partial charge in [-0.2, -0.15) is 20.2 Å². The monoisotopic (exact) mass is 414 g/mol. The van der Waals surface area contributed by atoms with E-state index in [4.69, 9.17) is 0 Å². The fourth-order valence-electron chi connectivity index (χ4n) is 8.02. The van der Waals surface area contributed by atoms with Crippen LogP contribution in [0.4, 0.5) is 0 Å². The molecule has 4 saturated carbocycles. The van der Waals surface area contributed by atoms with E-state index in [-0.39, 0.29) is 34.5 Å². The van der Waals surface area contributed by atoms with Gasteiger partial charge >= 0.3 is 11.8 Å². The average molecular weight is 415 g/mol. The first-order valence-corrected chi connectivity index (χ1v) is 11.0. The molecule has 0 aromatic heterocycles. The highest BCUT2D eigenvalue weighted by Crippen LogP contribution is 2.74. The van der Waals surface area contributed by atoms with Crippen LogP contribution in [0.3, 0.4) is 0 Å². The molecule has 4 aliphatic carbocycles. The second kappa shape index (κ2) is 4.83. The van der Waals surface area contributed by atoms with Gasteiger partial charge < -0.3 is 10.2 Å². The second-order valence-corrected chi connectivity index (χ2v) is 11.7. The Balaban J connectivity index is 1.28. The Kier molecular flexibility index (Phi) is 3.04. The van der Waals surface area contributed by atoms with Crippen molar-refractivity contribution in [3.8, 4) is 0 Å². The summed E-state index contributed by atoms with van der Waals surface area (Å²) in [6, 6.07) is 0. The van der Waals surface area contributed by atoms with Gasteiger partial charge in [0.2, 0.25) is 0 Å². The highest BCUT2D eigenvalue weighted by molar-refractivity contribution is 6.35. The summed E-state index contributed by atoms with van der Waals surface area (Å²) >= 11 is 0. The van der Waals surface area contributed by atoms with E-state index < -0.39 is 23.3 Å². The van der Waals surface area contributed by atoms with Gasteiger partial charge in [-0.15, -0.1) is 0 Å². The third-order valence-electron chi connectivity index (χ3n) is 9.75. The number of hydrogen-bond acceptors (Lipinski definition) is 6. The van der Waals surface area contributed by atoms with Gasteiger partial charge in [-0.25, -0.2) is 0 Å². The van der Waals surface area contributed by atoms with Crippen LogP contribution >= 0.6 is 0 Å². The van der Waals surface area contributed by atoms with E-state index in [0.29, 0.717) is 36.1 Å².